The minimum absolute atomic E-state index is 0.0180. The van der Waals surface area contributed by atoms with Crippen molar-refractivity contribution in [2.45, 2.75) is 44.1 Å². The van der Waals surface area contributed by atoms with Crippen molar-refractivity contribution >= 4 is 21.5 Å². The van der Waals surface area contributed by atoms with Crippen molar-refractivity contribution in [1.29, 1.82) is 5.26 Å². The van der Waals surface area contributed by atoms with Crippen LogP contribution in [0.3, 0.4) is 0 Å². The number of sulfonamides is 1. The zero-order valence-electron chi connectivity index (χ0n) is 18.8. The summed E-state index contributed by atoms with van der Waals surface area (Å²) in [6.45, 7) is 4.69. The summed E-state index contributed by atoms with van der Waals surface area (Å²) in [5.74, 6) is -0.382. The summed E-state index contributed by atoms with van der Waals surface area (Å²) in [4.78, 5) is 12.9. The van der Waals surface area contributed by atoms with Crippen LogP contribution in [0, 0.1) is 17.2 Å². The Morgan fingerprint density at radius 2 is 1.85 bits per heavy atom. The van der Waals surface area contributed by atoms with Crippen LogP contribution in [0.1, 0.15) is 49.3 Å². The lowest BCUT2D eigenvalue weighted by molar-refractivity contribution is -0.151. The van der Waals surface area contributed by atoms with Gasteiger partial charge in [-0.25, -0.2) is 8.42 Å². The highest BCUT2D eigenvalue weighted by molar-refractivity contribution is 7.89. The number of nitrogens with zero attached hydrogens (tertiary/aromatic N) is 3. The lowest BCUT2D eigenvalue weighted by atomic mass is 9.98. The van der Waals surface area contributed by atoms with Gasteiger partial charge in [0, 0.05) is 31.0 Å². The Kier molecular flexibility index (Phi) is 6.54. The van der Waals surface area contributed by atoms with Gasteiger partial charge in [-0.15, -0.1) is 0 Å². The molecule has 1 aliphatic heterocycles. The van der Waals surface area contributed by atoms with Crippen molar-refractivity contribution in [1.82, 2.24) is 8.71 Å². The third kappa shape index (κ3) is 4.65. The van der Waals surface area contributed by atoms with Crippen LogP contribution in [0.2, 0.25) is 0 Å². The number of nitriles is 1. The van der Waals surface area contributed by atoms with Gasteiger partial charge >= 0.3 is 5.97 Å². The molecule has 1 aromatic carbocycles. The summed E-state index contributed by atoms with van der Waals surface area (Å²) in [6.07, 6.45) is 4.45. The van der Waals surface area contributed by atoms with E-state index in [-0.39, 0.29) is 36.5 Å². The average molecular weight is 466 g/mol. The number of ether oxygens (including phenoxy) is 1. The number of esters is 1. The van der Waals surface area contributed by atoms with Gasteiger partial charge in [0.15, 0.2) is 0 Å². The van der Waals surface area contributed by atoms with Crippen LogP contribution >= 0.6 is 0 Å². The van der Waals surface area contributed by atoms with Crippen LogP contribution in [0.15, 0.2) is 59.8 Å². The molecule has 8 heteroatoms. The minimum Gasteiger partial charge on any atom is -0.460 e. The number of aromatic nitrogens is 1. The van der Waals surface area contributed by atoms with Gasteiger partial charge in [-0.3, -0.25) is 4.79 Å². The normalized spacial score (nSPS) is 15.6. The van der Waals surface area contributed by atoms with E-state index >= 15 is 0 Å². The summed E-state index contributed by atoms with van der Waals surface area (Å²) in [5, 5.41) is 9.49. The molecule has 0 radical (unpaired) electrons. The molecule has 1 aliphatic rings. The number of piperidine rings is 1. The maximum absolute atomic E-state index is 13.0. The predicted octanol–water partition coefficient (Wildman–Crippen LogP) is 4.08. The Balaban J connectivity index is 1.36. The van der Waals surface area contributed by atoms with Gasteiger partial charge in [-0.1, -0.05) is 32.0 Å². The molecule has 1 saturated heterocycles. The fraction of sp³-hybridized carbons (Fsp3) is 0.360. The first-order chi connectivity index (χ1) is 15.8. The number of carbonyl (C=O) groups is 1. The van der Waals surface area contributed by atoms with Crippen molar-refractivity contribution < 1.29 is 17.9 Å². The lowest BCUT2D eigenvalue weighted by Crippen LogP contribution is -2.40. The SMILES string of the molecule is CC(C)c1ccc(S(=O)(=O)N2CCC(C(=O)OCc3cn4ccccc4c3C#N)CC2)cc1. The van der Waals surface area contributed by atoms with Crippen LogP contribution in [-0.2, 0) is 26.2 Å². The van der Waals surface area contributed by atoms with Gasteiger partial charge in [-0.2, -0.15) is 9.57 Å². The number of fused-ring (bicyclic) bond motifs is 1. The number of hydrogen-bond donors (Lipinski definition) is 0. The molecule has 3 heterocycles. The van der Waals surface area contributed by atoms with E-state index in [1.165, 1.54) is 4.31 Å². The molecule has 0 N–H and O–H groups in total. The molecule has 172 valence electrons. The van der Waals surface area contributed by atoms with E-state index in [4.69, 9.17) is 4.74 Å². The first-order valence-corrected chi connectivity index (χ1v) is 12.5. The Bertz CT molecular complexity index is 1300. The van der Waals surface area contributed by atoms with Crippen molar-refractivity contribution in [3.8, 4) is 6.07 Å². The topological polar surface area (TPSA) is 91.9 Å². The van der Waals surface area contributed by atoms with E-state index in [2.05, 4.69) is 19.9 Å². The van der Waals surface area contributed by atoms with E-state index in [9.17, 15) is 18.5 Å². The largest absolute Gasteiger partial charge is 0.460 e. The van der Waals surface area contributed by atoms with Crippen LogP contribution in [0.5, 0.6) is 0 Å². The van der Waals surface area contributed by atoms with Crippen LogP contribution in [0.4, 0.5) is 0 Å². The van der Waals surface area contributed by atoms with Gasteiger partial charge in [0.2, 0.25) is 10.0 Å². The molecular weight excluding hydrogens is 438 g/mol. The molecule has 0 amide bonds. The summed E-state index contributed by atoms with van der Waals surface area (Å²) in [6, 6.07) is 14.8. The van der Waals surface area contributed by atoms with Crippen molar-refractivity contribution in [3.63, 3.8) is 0 Å². The van der Waals surface area contributed by atoms with Crippen LogP contribution in [0.25, 0.3) is 5.52 Å². The third-order valence-corrected chi connectivity index (χ3v) is 8.13. The number of carbonyl (C=O) groups excluding carboxylic acids is 1. The molecular formula is C25H27N3O4S. The highest BCUT2D eigenvalue weighted by atomic mass is 32.2. The second kappa shape index (κ2) is 9.38. The first kappa shape index (κ1) is 23.0. The standard InChI is InChI=1S/C25H27N3O4S/c1-18(2)19-6-8-22(9-7-19)33(30,31)28-13-10-20(11-14-28)25(29)32-17-21-16-27-12-4-3-5-24(27)23(21)15-26/h3-9,12,16,18,20H,10-11,13-14,17H2,1-2H3. The Morgan fingerprint density at radius 3 is 2.48 bits per heavy atom. The molecule has 0 bridgehead atoms. The molecule has 0 saturated carbocycles. The summed E-state index contributed by atoms with van der Waals surface area (Å²) < 4.78 is 34.8. The molecule has 0 unspecified atom stereocenters. The van der Waals surface area contributed by atoms with E-state index in [0.717, 1.165) is 11.1 Å². The van der Waals surface area contributed by atoms with E-state index < -0.39 is 10.0 Å². The van der Waals surface area contributed by atoms with E-state index in [1.807, 2.05) is 40.9 Å². The number of rotatable bonds is 6. The highest BCUT2D eigenvalue weighted by Gasteiger charge is 2.33. The quantitative estimate of drug-likeness (QED) is 0.512. The van der Waals surface area contributed by atoms with Crippen molar-refractivity contribution in [2.24, 2.45) is 5.92 Å². The molecule has 7 nitrogen and oxygen atoms in total. The van der Waals surface area contributed by atoms with E-state index in [0.29, 0.717) is 29.9 Å². The van der Waals surface area contributed by atoms with Gasteiger partial charge in [-0.05, 0) is 48.6 Å². The molecule has 2 aromatic heterocycles. The summed E-state index contributed by atoms with van der Waals surface area (Å²) in [7, 11) is -3.59. The Morgan fingerprint density at radius 1 is 1.15 bits per heavy atom. The van der Waals surface area contributed by atoms with Gasteiger partial charge < -0.3 is 9.14 Å². The fourth-order valence-electron chi connectivity index (χ4n) is 4.19. The minimum atomic E-state index is -3.59. The molecule has 0 atom stereocenters. The molecule has 4 rings (SSSR count). The molecule has 0 aliphatic carbocycles. The fourth-order valence-corrected chi connectivity index (χ4v) is 5.66. The summed E-state index contributed by atoms with van der Waals surface area (Å²) in [5.41, 5.74) is 3.01. The first-order valence-electron chi connectivity index (χ1n) is 11.1. The predicted molar refractivity (Wildman–Crippen MR) is 124 cm³/mol. The van der Waals surface area contributed by atoms with Crippen LogP contribution < -0.4 is 0 Å². The summed E-state index contributed by atoms with van der Waals surface area (Å²) >= 11 is 0. The Hall–Kier alpha value is -3.15. The van der Waals surface area contributed by atoms with Crippen molar-refractivity contribution in [2.75, 3.05) is 13.1 Å². The maximum Gasteiger partial charge on any atom is 0.309 e. The number of pyridine rings is 1. The molecule has 3 aromatic rings. The van der Waals surface area contributed by atoms with Gasteiger partial charge in [0.25, 0.3) is 0 Å². The zero-order chi connectivity index (χ0) is 23.6. The second-order valence-electron chi connectivity index (χ2n) is 8.64. The smallest absolute Gasteiger partial charge is 0.309 e. The van der Waals surface area contributed by atoms with E-state index in [1.54, 1.807) is 18.3 Å². The third-order valence-electron chi connectivity index (χ3n) is 6.22. The van der Waals surface area contributed by atoms with Crippen molar-refractivity contribution in [3.05, 3.63) is 71.5 Å². The molecule has 1 fully saturated rings. The Labute approximate surface area is 194 Å². The maximum atomic E-state index is 13.0. The molecule has 0 spiro atoms. The lowest BCUT2D eigenvalue weighted by Gasteiger charge is -2.30. The monoisotopic (exact) mass is 465 g/mol. The number of hydrogen-bond acceptors (Lipinski definition) is 5. The second-order valence-corrected chi connectivity index (χ2v) is 10.6. The number of benzene rings is 1. The highest BCUT2D eigenvalue weighted by Crippen LogP contribution is 2.26. The van der Waals surface area contributed by atoms with Gasteiger partial charge in [0.05, 0.1) is 21.9 Å². The van der Waals surface area contributed by atoms with Gasteiger partial charge in [0.1, 0.15) is 12.7 Å². The van der Waals surface area contributed by atoms with Crippen LogP contribution in [-0.4, -0.2) is 36.2 Å². The molecule has 33 heavy (non-hydrogen) atoms. The average Bonchev–Trinajstić information content (AvgIpc) is 3.20. The zero-order valence-corrected chi connectivity index (χ0v) is 19.6.